The van der Waals surface area contributed by atoms with E-state index in [0.717, 1.165) is 0 Å². The Kier molecular flexibility index (Phi) is 6.71. The third-order valence-corrected chi connectivity index (χ3v) is 5.93. The fourth-order valence-electron chi connectivity index (χ4n) is 3.88. The van der Waals surface area contributed by atoms with Gasteiger partial charge in [-0.1, -0.05) is 29.8 Å². The second-order valence-corrected chi connectivity index (χ2v) is 8.40. The summed E-state index contributed by atoms with van der Waals surface area (Å²) in [4.78, 5) is 12.5. The maximum absolute atomic E-state index is 13.9. The third-order valence-electron chi connectivity index (χ3n) is 5.68. The van der Waals surface area contributed by atoms with Crippen LogP contribution >= 0.6 is 11.6 Å². The van der Waals surface area contributed by atoms with Gasteiger partial charge in [0.15, 0.2) is 11.8 Å². The number of para-hydroxylation sites is 1. The van der Waals surface area contributed by atoms with E-state index in [1.54, 1.807) is 30.3 Å². The van der Waals surface area contributed by atoms with Crippen molar-refractivity contribution in [3.8, 4) is 5.75 Å². The average Bonchev–Trinajstić information content (AvgIpc) is 2.71. The van der Waals surface area contributed by atoms with E-state index >= 15 is 0 Å². The van der Waals surface area contributed by atoms with Crippen molar-refractivity contribution in [3.05, 3.63) is 59.1 Å². The summed E-state index contributed by atoms with van der Waals surface area (Å²) in [6.45, 7) is 2.21. The van der Waals surface area contributed by atoms with Crippen LogP contribution in [0.5, 0.6) is 5.75 Å². The summed E-state index contributed by atoms with van der Waals surface area (Å²) in [5.41, 5.74) is -1.93. The van der Waals surface area contributed by atoms with Crippen LogP contribution in [0.4, 0.5) is 23.7 Å². The van der Waals surface area contributed by atoms with Crippen LogP contribution in [0.2, 0.25) is 5.02 Å². The monoisotopic (exact) mass is 484 g/mol. The van der Waals surface area contributed by atoms with E-state index in [0.29, 0.717) is 17.3 Å². The van der Waals surface area contributed by atoms with Gasteiger partial charge in [-0.2, -0.15) is 13.2 Å². The molecule has 0 aromatic heterocycles. The van der Waals surface area contributed by atoms with Crippen molar-refractivity contribution in [2.24, 2.45) is 0 Å². The Bertz CT molecular complexity index is 986. The van der Waals surface area contributed by atoms with Gasteiger partial charge in [0.1, 0.15) is 5.75 Å². The zero-order valence-corrected chi connectivity index (χ0v) is 18.5. The zero-order valence-electron chi connectivity index (χ0n) is 17.7. The Hall–Kier alpha value is -2.53. The molecule has 33 heavy (non-hydrogen) atoms. The summed E-state index contributed by atoms with van der Waals surface area (Å²) in [7, 11) is 0. The number of halogens is 4. The molecule has 0 bridgehead atoms. The molecule has 11 heteroatoms. The van der Waals surface area contributed by atoms with Gasteiger partial charge in [-0.3, -0.25) is 10.6 Å². The molecule has 7 nitrogen and oxygen atoms in total. The first-order chi connectivity index (χ1) is 15.7. The number of amides is 2. The highest BCUT2D eigenvalue weighted by Gasteiger charge is 2.62. The Morgan fingerprint density at radius 1 is 1.21 bits per heavy atom. The van der Waals surface area contributed by atoms with Gasteiger partial charge < -0.3 is 20.1 Å². The lowest BCUT2D eigenvalue weighted by atomic mass is 9.85. The molecule has 2 aromatic carbocycles. The van der Waals surface area contributed by atoms with Crippen molar-refractivity contribution in [1.82, 2.24) is 16.0 Å². The first-order valence-electron chi connectivity index (χ1n) is 10.5. The van der Waals surface area contributed by atoms with Gasteiger partial charge in [0.05, 0.1) is 18.8 Å². The molecular formula is C22H24ClF3N4O3. The minimum Gasteiger partial charge on any atom is -0.473 e. The number of ether oxygens (including phenoxy) is 2. The molecular weight excluding hydrogens is 461 g/mol. The van der Waals surface area contributed by atoms with Crippen LogP contribution in [0, 0.1) is 0 Å². The van der Waals surface area contributed by atoms with E-state index in [1.807, 2.05) is 6.92 Å². The molecule has 2 amide bonds. The Morgan fingerprint density at radius 3 is 2.55 bits per heavy atom. The molecule has 2 fully saturated rings. The largest absolute Gasteiger partial charge is 0.473 e. The second-order valence-electron chi connectivity index (χ2n) is 7.97. The summed E-state index contributed by atoms with van der Waals surface area (Å²) >= 11 is 5.86. The molecule has 178 valence electrons. The molecule has 0 saturated carbocycles. The summed E-state index contributed by atoms with van der Waals surface area (Å²) in [6, 6.07) is 11.5. The number of anilines is 1. The fraction of sp³-hybridized carbons (Fsp3) is 0.409. The number of urea groups is 1. The Labute approximate surface area is 194 Å². The van der Waals surface area contributed by atoms with Gasteiger partial charge in [0, 0.05) is 29.2 Å². The Morgan fingerprint density at radius 2 is 1.91 bits per heavy atom. The zero-order chi connectivity index (χ0) is 23.6. The van der Waals surface area contributed by atoms with Gasteiger partial charge in [-0.15, -0.1) is 0 Å². The van der Waals surface area contributed by atoms with E-state index in [-0.39, 0.29) is 30.5 Å². The molecule has 2 heterocycles. The number of hydrogen-bond donors (Lipinski definition) is 4. The highest BCUT2D eigenvalue weighted by atomic mass is 35.5. The number of alkyl halides is 3. The number of benzene rings is 2. The summed E-state index contributed by atoms with van der Waals surface area (Å²) < 4.78 is 52.7. The lowest BCUT2D eigenvalue weighted by Crippen LogP contribution is -2.67. The standard InChI is InChI=1S/C22H24ClF3N4O3/c1-13-27-12-17(30-20(31)29-15-8-6-14(23)7-9-15)19(28-13)33-18-5-3-2-4-16(18)21(10-11-32-21)22(24,25)26/h2-9,13,17,19,27-28H,10-12H2,1H3,(H2,29,30,31). The van der Waals surface area contributed by atoms with Crippen LogP contribution in [-0.4, -0.2) is 43.8 Å². The van der Waals surface area contributed by atoms with E-state index in [1.165, 1.54) is 18.2 Å². The van der Waals surface area contributed by atoms with Gasteiger partial charge in [0.2, 0.25) is 0 Å². The van der Waals surface area contributed by atoms with Crippen molar-refractivity contribution in [2.45, 2.75) is 43.6 Å². The van der Waals surface area contributed by atoms with E-state index in [4.69, 9.17) is 21.1 Å². The highest BCUT2D eigenvalue weighted by Crippen LogP contribution is 2.52. The number of rotatable bonds is 5. The maximum atomic E-state index is 13.9. The molecule has 0 aliphatic carbocycles. The molecule has 2 saturated heterocycles. The van der Waals surface area contributed by atoms with Crippen LogP contribution in [0.1, 0.15) is 18.9 Å². The average molecular weight is 485 g/mol. The minimum absolute atomic E-state index is 0.0194. The Balaban J connectivity index is 1.51. The molecule has 2 aliphatic heterocycles. The first-order valence-corrected chi connectivity index (χ1v) is 10.9. The smallest absolute Gasteiger partial charge is 0.421 e. The molecule has 0 radical (unpaired) electrons. The molecule has 4 rings (SSSR count). The quantitative estimate of drug-likeness (QED) is 0.516. The van der Waals surface area contributed by atoms with Gasteiger partial charge in [0.25, 0.3) is 0 Å². The van der Waals surface area contributed by atoms with Crippen molar-refractivity contribution >= 4 is 23.3 Å². The molecule has 0 spiro atoms. The summed E-state index contributed by atoms with van der Waals surface area (Å²) in [5, 5.41) is 12.3. The van der Waals surface area contributed by atoms with Crippen LogP contribution in [0.15, 0.2) is 48.5 Å². The summed E-state index contributed by atoms with van der Waals surface area (Å²) in [6.07, 6.45) is -5.74. The second kappa shape index (κ2) is 9.38. The van der Waals surface area contributed by atoms with Crippen LogP contribution in [0.25, 0.3) is 0 Å². The van der Waals surface area contributed by atoms with E-state index in [2.05, 4.69) is 21.3 Å². The topological polar surface area (TPSA) is 83.7 Å². The predicted molar refractivity (Wildman–Crippen MR) is 117 cm³/mol. The number of carbonyl (C=O) groups excluding carboxylic acids is 1. The van der Waals surface area contributed by atoms with Gasteiger partial charge >= 0.3 is 12.2 Å². The molecule has 4 unspecified atom stereocenters. The van der Waals surface area contributed by atoms with Crippen molar-refractivity contribution in [3.63, 3.8) is 0 Å². The first kappa shape index (κ1) is 23.6. The molecule has 4 N–H and O–H groups in total. The lowest BCUT2D eigenvalue weighted by Gasteiger charge is -2.44. The fourth-order valence-corrected chi connectivity index (χ4v) is 4.00. The lowest BCUT2D eigenvalue weighted by molar-refractivity contribution is -0.334. The number of nitrogens with one attached hydrogen (secondary N) is 4. The molecule has 2 aromatic rings. The number of hydrogen-bond acceptors (Lipinski definition) is 5. The van der Waals surface area contributed by atoms with Crippen LogP contribution < -0.4 is 26.0 Å². The van der Waals surface area contributed by atoms with E-state index in [9.17, 15) is 18.0 Å². The van der Waals surface area contributed by atoms with Crippen molar-refractivity contribution in [2.75, 3.05) is 18.5 Å². The number of carbonyl (C=O) groups is 1. The van der Waals surface area contributed by atoms with Crippen molar-refractivity contribution < 1.29 is 27.4 Å². The highest BCUT2D eigenvalue weighted by molar-refractivity contribution is 6.30. The predicted octanol–water partition coefficient (Wildman–Crippen LogP) is 3.95. The van der Waals surface area contributed by atoms with Gasteiger partial charge in [-0.25, -0.2) is 4.79 Å². The summed E-state index contributed by atoms with van der Waals surface area (Å²) in [5.74, 6) is 0.0473. The van der Waals surface area contributed by atoms with E-state index < -0.39 is 30.1 Å². The van der Waals surface area contributed by atoms with Gasteiger partial charge in [-0.05, 0) is 37.3 Å². The third kappa shape index (κ3) is 5.03. The van der Waals surface area contributed by atoms with Crippen LogP contribution in [0.3, 0.4) is 0 Å². The molecule has 4 atom stereocenters. The SMILES string of the molecule is CC1NCC(NC(=O)Nc2ccc(Cl)cc2)C(Oc2ccccc2C2(C(F)(F)F)CCO2)N1. The minimum atomic E-state index is -4.59. The van der Waals surface area contributed by atoms with Crippen LogP contribution in [-0.2, 0) is 10.3 Å². The molecule has 2 aliphatic rings. The normalized spacial score (nSPS) is 27.4. The van der Waals surface area contributed by atoms with Crippen molar-refractivity contribution in [1.29, 1.82) is 0 Å². The maximum Gasteiger partial charge on any atom is 0.421 e.